The van der Waals surface area contributed by atoms with Crippen molar-refractivity contribution in [3.63, 3.8) is 0 Å². The van der Waals surface area contributed by atoms with Gasteiger partial charge in [0, 0.05) is 29.8 Å². The maximum atomic E-state index is 13.8. The van der Waals surface area contributed by atoms with Crippen molar-refractivity contribution in [3.05, 3.63) is 58.9 Å². The van der Waals surface area contributed by atoms with Gasteiger partial charge >= 0.3 is 5.97 Å². The summed E-state index contributed by atoms with van der Waals surface area (Å²) in [5.41, 5.74) is 2.99. The second-order valence-electron chi connectivity index (χ2n) is 7.20. The van der Waals surface area contributed by atoms with Gasteiger partial charge in [0.25, 0.3) is 0 Å². The van der Waals surface area contributed by atoms with Crippen molar-refractivity contribution in [2.45, 2.75) is 33.0 Å². The van der Waals surface area contributed by atoms with Gasteiger partial charge in [0.2, 0.25) is 5.91 Å². The molecule has 2 aliphatic heterocycles. The standard InChI is InChI=1S/C22H22FNO5/c1-2-14-3-5-19(6-4-14)24-10-15(9-20(24)25)22(26)28-12-17-8-18(23)7-16-11-27-13-29-21(16)17/h3-8,15H,2,9-13H2,1H3. The molecule has 4 rings (SSSR count). The molecule has 1 unspecified atom stereocenters. The SMILES string of the molecule is CCc1ccc(N2CC(C(=O)OCc3cc(F)cc4c3OCOC4)CC2=O)cc1. The quantitative estimate of drug-likeness (QED) is 0.722. The highest BCUT2D eigenvalue weighted by Crippen LogP contribution is 2.31. The van der Waals surface area contributed by atoms with Crippen molar-refractivity contribution in [3.8, 4) is 5.75 Å². The second-order valence-corrected chi connectivity index (χ2v) is 7.20. The van der Waals surface area contributed by atoms with E-state index in [2.05, 4.69) is 6.92 Å². The van der Waals surface area contributed by atoms with Gasteiger partial charge in [-0.2, -0.15) is 0 Å². The summed E-state index contributed by atoms with van der Waals surface area (Å²) >= 11 is 0. The Balaban J connectivity index is 1.41. The lowest BCUT2D eigenvalue weighted by atomic mass is 10.1. The van der Waals surface area contributed by atoms with E-state index < -0.39 is 17.7 Å². The summed E-state index contributed by atoms with van der Waals surface area (Å²) in [4.78, 5) is 26.5. The van der Waals surface area contributed by atoms with Gasteiger partial charge in [-0.15, -0.1) is 0 Å². The highest BCUT2D eigenvalue weighted by atomic mass is 19.1. The topological polar surface area (TPSA) is 65.1 Å². The summed E-state index contributed by atoms with van der Waals surface area (Å²) in [6, 6.07) is 10.4. The Bertz CT molecular complexity index is 928. The highest BCUT2D eigenvalue weighted by molar-refractivity contribution is 5.99. The monoisotopic (exact) mass is 399 g/mol. The number of aryl methyl sites for hydroxylation is 1. The molecule has 6 nitrogen and oxygen atoms in total. The Morgan fingerprint density at radius 1 is 1.28 bits per heavy atom. The van der Waals surface area contributed by atoms with E-state index in [4.69, 9.17) is 14.2 Å². The molecule has 2 aliphatic rings. The van der Waals surface area contributed by atoms with Crippen LogP contribution in [-0.4, -0.2) is 25.2 Å². The molecule has 2 aromatic carbocycles. The number of carbonyl (C=O) groups is 2. The van der Waals surface area contributed by atoms with E-state index in [-0.39, 0.29) is 38.9 Å². The van der Waals surface area contributed by atoms with Gasteiger partial charge in [-0.3, -0.25) is 9.59 Å². The van der Waals surface area contributed by atoms with Crippen molar-refractivity contribution >= 4 is 17.6 Å². The van der Waals surface area contributed by atoms with E-state index in [1.54, 1.807) is 4.90 Å². The van der Waals surface area contributed by atoms with Crippen LogP contribution in [0.2, 0.25) is 0 Å². The lowest BCUT2D eigenvalue weighted by Crippen LogP contribution is -2.26. The fourth-order valence-corrected chi connectivity index (χ4v) is 3.66. The van der Waals surface area contributed by atoms with E-state index in [0.29, 0.717) is 16.9 Å². The molecule has 1 atom stereocenters. The van der Waals surface area contributed by atoms with E-state index in [1.165, 1.54) is 17.7 Å². The Kier molecular flexibility index (Phi) is 5.49. The summed E-state index contributed by atoms with van der Waals surface area (Å²) < 4.78 is 29.8. The number of carbonyl (C=O) groups excluding carboxylic acids is 2. The first-order valence-electron chi connectivity index (χ1n) is 9.63. The number of amides is 1. The number of fused-ring (bicyclic) bond motifs is 1. The molecule has 0 spiro atoms. The van der Waals surface area contributed by atoms with Crippen LogP contribution in [0.3, 0.4) is 0 Å². The first-order chi connectivity index (χ1) is 14.0. The number of ether oxygens (including phenoxy) is 3. The first kappa shape index (κ1) is 19.4. The lowest BCUT2D eigenvalue weighted by molar-refractivity contribution is -0.149. The van der Waals surface area contributed by atoms with Crippen LogP contribution < -0.4 is 9.64 Å². The molecular formula is C22H22FNO5. The zero-order valence-electron chi connectivity index (χ0n) is 16.2. The number of anilines is 1. The van der Waals surface area contributed by atoms with Crippen molar-refractivity contribution in [1.82, 2.24) is 0 Å². The fourth-order valence-electron chi connectivity index (χ4n) is 3.66. The van der Waals surface area contributed by atoms with Crippen molar-refractivity contribution in [2.75, 3.05) is 18.2 Å². The van der Waals surface area contributed by atoms with Crippen LogP contribution in [0.25, 0.3) is 0 Å². The number of esters is 1. The normalized spacial score (nSPS) is 18.3. The molecule has 1 saturated heterocycles. The molecule has 0 radical (unpaired) electrons. The van der Waals surface area contributed by atoms with Gasteiger partial charge in [-0.05, 0) is 36.2 Å². The average molecular weight is 399 g/mol. The molecule has 0 N–H and O–H groups in total. The number of hydrogen-bond donors (Lipinski definition) is 0. The number of rotatable bonds is 5. The van der Waals surface area contributed by atoms with Gasteiger partial charge in [-0.25, -0.2) is 4.39 Å². The minimum atomic E-state index is -0.554. The van der Waals surface area contributed by atoms with Crippen LogP contribution in [0, 0.1) is 11.7 Å². The van der Waals surface area contributed by atoms with Gasteiger partial charge in [0.05, 0.1) is 12.5 Å². The molecule has 29 heavy (non-hydrogen) atoms. The van der Waals surface area contributed by atoms with Gasteiger partial charge < -0.3 is 19.1 Å². The number of halogens is 1. The maximum absolute atomic E-state index is 13.8. The highest BCUT2D eigenvalue weighted by Gasteiger charge is 2.36. The summed E-state index contributed by atoms with van der Waals surface area (Å²) in [5.74, 6) is -1.09. The molecule has 2 heterocycles. The number of benzene rings is 2. The molecule has 0 bridgehead atoms. The van der Waals surface area contributed by atoms with Crippen LogP contribution in [-0.2, 0) is 38.7 Å². The predicted octanol–water partition coefficient (Wildman–Crippen LogP) is 3.35. The second kappa shape index (κ2) is 8.21. The van der Waals surface area contributed by atoms with Crippen LogP contribution in [0.4, 0.5) is 10.1 Å². The molecule has 0 aliphatic carbocycles. The van der Waals surface area contributed by atoms with Gasteiger partial charge in [0.1, 0.15) is 18.2 Å². The summed E-state index contributed by atoms with van der Waals surface area (Å²) in [5, 5.41) is 0. The van der Waals surface area contributed by atoms with E-state index in [9.17, 15) is 14.0 Å². The lowest BCUT2D eigenvalue weighted by Gasteiger charge is -2.21. The largest absolute Gasteiger partial charge is 0.467 e. The zero-order chi connectivity index (χ0) is 20.4. The van der Waals surface area contributed by atoms with Crippen LogP contribution in [0.5, 0.6) is 5.75 Å². The van der Waals surface area contributed by atoms with E-state index >= 15 is 0 Å². The molecule has 152 valence electrons. The van der Waals surface area contributed by atoms with E-state index in [0.717, 1.165) is 12.1 Å². The van der Waals surface area contributed by atoms with Crippen molar-refractivity contribution in [2.24, 2.45) is 5.92 Å². The van der Waals surface area contributed by atoms with Crippen LogP contribution >= 0.6 is 0 Å². The van der Waals surface area contributed by atoms with Crippen molar-refractivity contribution in [1.29, 1.82) is 0 Å². The number of nitrogens with zero attached hydrogens (tertiary/aromatic N) is 1. The van der Waals surface area contributed by atoms with Crippen LogP contribution in [0.1, 0.15) is 30.0 Å². The van der Waals surface area contributed by atoms with Gasteiger partial charge in [0.15, 0.2) is 6.79 Å². The minimum Gasteiger partial charge on any atom is -0.467 e. The molecule has 1 fully saturated rings. The molecular weight excluding hydrogens is 377 g/mol. The summed E-state index contributed by atoms with van der Waals surface area (Å²) in [6.07, 6.45) is 1.02. The Labute approximate surface area is 168 Å². The molecule has 1 amide bonds. The molecule has 7 heteroatoms. The van der Waals surface area contributed by atoms with Crippen LogP contribution in [0.15, 0.2) is 36.4 Å². The molecule has 2 aromatic rings. The molecule has 0 saturated carbocycles. The number of hydrogen-bond acceptors (Lipinski definition) is 5. The Morgan fingerprint density at radius 3 is 2.83 bits per heavy atom. The maximum Gasteiger partial charge on any atom is 0.311 e. The summed E-state index contributed by atoms with van der Waals surface area (Å²) in [6.45, 7) is 2.54. The van der Waals surface area contributed by atoms with Crippen molar-refractivity contribution < 1.29 is 28.2 Å². The minimum absolute atomic E-state index is 0.0719. The first-order valence-corrected chi connectivity index (χ1v) is 9.63. The van der Waals surface area contributed by atoms with E-state index in [1.807, 2.05) is 24.3 Å². The Hall–Kier alpha value is -2.93. The predicted molar refractivity (Wildman–Crippen MR) is 103 cm³/mol. The third-order valence-corrected chi connectivity index (χ3v) is 5.24. The molecule has 0 aromatic heterocycles. The van der Waals surface area contributed by atoms with Gasteiger partial charge in [-0.1, -0.05) is 19.1 Å². The fraction of sp³-hybridized carbons (Fsp3) is 0.364. The third-order valence-electron chi connectivity index (χ3n) is 5.24. The smallest absolute Gasteiger partial charge is 0.311 e. The summed E-state index contributed by atoms with van der Waals surface area (Å²) in [7, 11) is 0. The average Bonchev–Trinajstić information content (AvgIpc) is 3.13. The third kappa shape index (κ3) is 4.10. The zero-order valence-corrected chi connectivity index (χ0v) is 16.2. The Morgan fingerprint density at radius 2 is 2.07 bits per heavy atom.